The summed E-state index contributed by atoms with van der Waals surface area (Å²) in [5, 5.41) is 0.924. The highest BCUT2D eigenvalue weighted by atomic mass is 35.5. The van der Waals surface area contributed by atoms with Gasteiger partial charge in [0.2, 0.25) is 0 Å². The Hall–Kier alpha value is -1.51. The molecular weight excluding hydrogens is 293 g/mol. The van der Waals surface area contributed by atoms with Gasteiger partial charge in [0.05, 0.1) is 10.6 Å². The Kier molecular flexibility index (Phi) is 3.68. The first-order chi connectivity index (χ1) is 9.66. The molecule has 4 heteroatoms. The fourth-order valence-electron chi connectivity index (χ4n) is 2.21. The number of nitrogens with zero attached hydrogens (tertiary/aromatic N) is 1. The van der Waals surface area contributed by atoms with Crippen LogP contribution in [0, 0.1) is 0 Å². The first-order valence-electron chi connectivity index (χ1n) is 6.50. The van der Waals surface area contributed by atoms with Gasteiger partial charge in [0, 0.05) is 16.8 Å². The van der Waals surface area contributed by atoms with Gasteiger partial charge < -0.3 is 4.90 Å². The number of carbonyl (C=O) groups is 1. The minimum absolute atomic E-state index is 0.0691. The molecule has 2 aromatic rings. The number of carbonyl (C=O) groups excluding carboxylic acids is 1. The van der Waals surface area contributed by atoms with E-state index in [4.69, 9.17) is 23.2 Å². The van der Waals surface area contributed by atoms with Gasteiger partial charge in [0.1, 0.15) is 0 Å². The highest BCUT2D eigenvalue weighted by Gasteiger charge is 2.34. The van der Waals surface area contributed by atoms with Gasteiger partial charge in [0.25, 0.3) is 5.91 Å². The Morgan fingerprint density at radius 3 is 2.35 bits per heavy atom. The lowest BCUT2D eigenvalue weighted by atomic mass is 10.1. The van der Waals surface area contributed by atoms with Gasteiger partial charge in [-0.15, -0.1) is 0 Å². The van der Waals surface area contributed by atoms with Crippen molar-refractivity contribution >= 4 is 34.8 Å². The van der Waals surface area contributed by atoms with Crippen LogP contribution in [-0.2, 0) is 0 Å². The summed E-state index contributed by atoms with van der Waals surface area (Å²) in [6, 6.07) is 14.9. The van der Waals surface area contributed by atoms with E-state index < -0.39 is 0 Å². The summed E-state index contributed by atoms with van der Waals surface area (Å²) in [5.41, 5.74) is 1.40. The minimum atomic E-state index is -0.0691. The van der Waals surface area contributed by atoms with E-state index in [1.807, 2.05) is 35.2 Å². The molecule has 1 aliphatic carbocycles. The maximum Gasteiger partial charge on any atom is 0.260 e. The molecule has 0 spiro atoms. The number of anilines is 1. The second-order valence-electron chi connectivity index (χ2n) is 4.87. The van der Waals surface area contributed by atoms with Crippen molar-refractivity contribution in [1.82, 2.24) is 0 Å². The van der Waals surface area contributed by atoms with Crippen LogP contribution in [0.5, 0.6) is 0 Å². The lowest BCUT2D eigenvalue weighted by molar-refractivity contribution is 0.0985. The summed E-state index contributed by atoms with van der Waals surface area (Å²) >= 11 is 12.0. The van der Waals surface area contributed by atoms with Gasteiger partial charge in [0.15, 0.2) is 0 Å². The molecule has 1 fully saturated rings. The number of hydrogen-bond donors (Lipinski definition) is 0. The maximum atomic E-state index is 12.8. The molecule has 102 valence electrons. The van der Waals surface area contributed by atoms with E-state index in [1.54, 1.807) is 18.2 Å². The second kappa shape index (κ2) is 5.47. The number of halogens is 2. The van der Waals surface area contributed by atoms with Gasteiger partial charge in [-0.25, -0.2) is 0 Å². The molecule has 1 aliphatic rings. The third-order valence-electron chi connectivity index (χ3n) is 3.33. The van der Waals surface area contributed by atoms with E-state index in [2.05, 4.69) is 0 Å². The molecule has 2 aromatic carbocycles. The van der Waals surface area contributed by atoms with Crippen molar-refractivity contribution in [2.45, 2.75) is 18.9 Å². The Labute approximate surface area is 127 Å². The molecule has 0 saturated heterocycles. The van der Waals surface area contributed by atoms with Crippen molar-refractivity contribution in [3.8, 4) is 0 Å². The summed E-state index contributed by atoms with van der Waals surface area (Å²) in [6.45, 7) is 0. The average Bonchev–Trinajstić information content (AvgIpc) is 3.24. The summed E-state index contributed by atoms with van der Waals surface area (Å²) in [4.78, 5) is 14.6. The monoisotopic (exact) mass is 305 g/mol. The zero-order chi connectivity index (χ0) is 14.1. The van der Waals surface area contributed by atoms with Crippen molar-refractivity contribution in [3.63, 3.8) is 0 Å². The van der Waals surface area contributed by atoms with E-state index in [9.17, 15) is 4.79 Å². The van der Waals surface area contributed by atoms with Crippen LogP contribution in [0.1, 0.15) is 23.2 Å². The van der Waals surface area contributed by atoms with Crippen LogP contribution >= 0.6 is 23.2 Å². The third-order valence-corrected chi connectivity index (χ3v) is 3.87. The van der Waals surface area contributed by atoms with Gasteiger partial charge in [-0.3, -0.25) is 4.79 Å². The fourth-order valence-corrected chi connectivity index (χ4v) is 2.70. The van der Waals surface area contributed by atoms with E-state index in [-0.39, 0.29) is 11.9 Å². The molecule has 0 atom stereocenters. The Morgan fingerprint density at radius 2 is 1.75 bits per heavy atom. The van der Waals surface area contributed by atoms with Crippen LogP contribution in [0.2, 0.25) is 10.0 Å². The highest BCUT2D eigenvalue weighted by molar-refractivity contribution is 6.37. The standard InChI is InChI=1S/C16H13Cl2NO/c17-11-6-9-14(15(18)10-11)16(20)19(13-7-8-13)12-4-2-1-3-5-12/h1-6,9-10,13H,7-8H2. The predicted molar refractivity (Wildman–Crippen MR) is 82.7 cm³/mol. The highest BCUT2D eigenvalue weighted by Crippen LogP contribution is 2.34. The molecule has 0 aromatic heterocycles. The first kappa shape index (κ1) is 13.5. The smallest absolute Gasteiger partial charge is 0.260 e. The van der Waals surface area contributed by atoms with Crippen LogP contribution in [0.4, 0.5) is 5.69 Å². The van der Waals surface area contributed by atoms with Crippen LogP contribution in [0.15, 0.2) is 48.5 Å². The molecule has 1 saturated carbocycles. The van der Waals surface area contributed by atoms with Gasteiger partial charge in [-0.05, 0) is 43.2 Å². The van der Waals surface area contributed by atoms with Crippen molar-refractivity contribution < 1.29 is 4.79 Å². The molecular formula is C16H13Cl2NO. The normalized spacial score (nSPS) is 14.1. The summed E-state index contributed by atoms with van der Waals surface area (Å²) < 4.78 is 0. The fraction of sp³-hybridized carbons (Fsp3) is 0.188. The lowest BCUT2D eigenvalue weighted by Gasteiger charge is -2.23. The van der Waals surface area contributed by atoms with Crippen LogP contribution in [0.3, 0.4) is 0 Å². The lowest BCUT2D eigenvalue weighted by Crippen LogP contribution is -2.33. The van der Waals surface area contributed by atoms with Crippen LogP contribution < -0.4 is 4.90 Å². The van der Waals surface area contributed by atoms with E-state index >= 15 is 0 Å². The Morgan fingerprint density at radius 1 is 1.05 bits per heavy atom. The SMILES string of the molecule is O=C(c1ccc(Cl)cc1Cl)N(c1ccccc1)C1CC1. The van der Waals surface area contributed by atoms with E-state index in [1.165, 1.54) is 0 Å². The molecule has 0 radical (unpaired) electrons. The van der Waals surface area contributed by atoms with Crippen molar-refractivity contribution in [3.05, 3.63) is 64.1 Å². The van der Waals surface area contributed by atoms with Crippen molar-refractivity contribution in [1.29, 1.82) is 0 Å². The van der Waals surface area contributed by atoms with E-state index in [0.29, 0.717) is 15.6 Å². The summed E-state index contributed by atoms with van der Waals surface area (Å²) in [5.74, 6) is -0.0691. The third kappa shape index (κ3) is 2.67. The molecule has 0 N–H and O–H groups in total. The molecule has 0 heterocycles. The Balaban J connectivity index is 1.98. The molecule has 1 amide bonds. The van der Waals surface area contributed by atoms with Crippen LogP contribution in [-0.4, -0.2) is 11.9 Å². The predicted octanol–water partition coefficient (Wildman–Crippen LogP) is 4.80. The van der Waals surface area contributed by atoms with Crippen LogP contribution in [0.25, 0.3) is 0 Å². The van der Waals surface area contributed by atoms with Gasteiger partial charge in [-0.2, -0.15) is 0 Å². The minimum Gasteiger partial charge on any atom is -0.305 e. The molecule has 3 rings (SSSR count). The number of para-hydroxylation sites is 1. The Bertz CT molecular complexity index is 638. The maximum absolute atomic E-state index is 12.8. The second-order valence-corrected chi connectivity index (χ2v) is 5.71. The number of rotatable bonds is 3. The molecule has 0 unspecified atom stereocenters. The van der Waals surface area contributed by atoms with Gasteiger partial charge >= 0.3 is 0 Å². The molecule has 0 aliphatic heterocycles. The quantitative estimate of drug-likeness (QED) is 0.797. The summed E-state index contributed by atoms with van der Waals surface area (Å²) in [7, 11) is 0. The number of benzene rings is 2. The number of hydrogen-bond acceptors (Lipinski definition) is 1. The molecule has 2 nitrogen and oxygen atoms in total. The molecule has 20 heavy (non-hydrogen) atoms. The first-order valence-corrected chi connectivity index (χ1v) is 7.26. The van der Waals surface area contributed by atoms with Crippen molar-refractivity contribution in [2.75, 3.05) is 4.90 Å². The summed E-state index contributed by atoms with van der Waals surface area (Å²) in [6.07, 6.45) is 2.07. The van der Waals surface area contributed by atoms with E-state index in [0.717, 1.165) is 18.5 Å². The van der Waals surface area contributed by atoms with Crippen molar-refractivity contribution in [2.24, 2.45) is 0 Å². The zero-order valence-electron chi connectivity index (χ0n) is 10.7. The molecule has 0 bridgehead atoms. The zero-order valence-corrected chi connectivity index (χ0v) is 12.2. The topological polar surface area (TPSA) is 20.3 Å². The largest absolute Gasteiger partial charge is 0.305 e. The number of amides is 1. The van der Waals surface area contributed by atoms with Gasteiger partial charge in [-0.1, -0.05) is 41.4 Å². The average molecular weight is 306 g/mol.